The Hall–Kier alpha value is -2.62. The van der Waals surface area contributed by atoms with Crippen LogP contribution in [0.4, 0.5) is 0 Å². The van der Waals surface area contributed by atoms with Crippen molar-refractivity contribution in [2.75, 3.05) is 13.2 Å². The van der Waals surface area contributed by atoms with Crippen LogP contribution in [0.1, 0.15) is 16.5 Å². The summed E-state index contributed by atoms with van der Waals surface area (Å²) in [6.07, 6.45) is -0.784. The molecule has 2 unspecified atom stereocenters. The first kappa shape index (κ1) is 22.2. The number of rotatable bonds is 5. The van der Waals surface area contributed by atoms with E-state index in [-0.39, 0.29) is 23.9 Å². The van der Waals surface area contributed by atoms with Crippen LogP contribution in [0.25, 0.3) is 10.1 Å². The van der Waals surface area contributed by atoms with Crippen LogP contribution >= 0.6 is 22.9 Å². The second-order valence-corrected chi connectivity index (χ2v) is 10.9. The van der Waals surface area contributed by atoms with Crippen LogP contribution in [0.5, 0.6) is 11.5 Å². The number of sulfonamides is 1. The summed E-state index contributed by atoms with van der Waals surface area (Å²) in [4.78, 5) is 0.852. The molecule has 2 heterocycles. The highest BCUT2D eigenvalue weighted by atomic mass is 35.5. The molecular formula is C24H20ClNO5S2. The Kier molecular flexibility index (Phi) is 6.03. The van der Waals surface area contributed by atoms with Crippen molar-refractivity contribution in [3.63, 3.8) is 0 Å². The van der Waals surface area contributed by atoms with Crippen molar-refractivity contribution < 1.29 is 23.0 Å². The number of hydrogen-bond acceptors (Lipinski definition) is 6. The maximum atomic E-state index is 13.5. The molecule has 0 bridgehead atoms. The lowest BCUT2D eigenvalue weighted by molar-refractivity contribution is 0.0801. The van der Waals surface area contributed by atoms with E-state index in [0.29, 0.717) is 16.3 Å². The summed E-state index contributed by atoms with van der Waals surface area (Å²) in [7, 11) is -3.97. The van der Waals surface area contributed by atoms with Crippen LogP contribution in [0, 0.1) is 0 Å². The third-order valence-electron chi connectivity index (χ3n) is 5.31. The number of ether oxygens (including phenoxy) is 2. The maximum Gasteiger partial charge on any atom is 0.241 e. The van der Waals surface area contributed by atoms with E-state index in [2.05, 4.69) is 4.72 Å². The quantitative estimate of drug-likeness (QED) is 0.412. The highest BCUT2D eigenvalue weighted by Crippen LogP contribution is 2.37. The largest absolute Gasteiger partial charge is 0.487 e. The van der Waals surface area contributed by atoms with Gasteiger partial charge < -0.3 is 14.6 Å². The van der Waals surface area contributed by atoms with Gasteiger partial charge in [-0.2, -0.15) is 4.72 Å². The number of nitrogens with one attached hydrogen (secondary N) is 1. The van der Waals surface area contributed by atoms with E-state index in [1.165, 1.54) is 29.5 Å². The van der Waals surface area contributed by atoms with Crippen molar-refractivity contribution in [1.82, 2.24) is 4.72 Å². The summed E-state index contributed by atoms with van der Waals surface area (Å²) in [5.74, 6) is 0.656. The number of thiophene rings is 1. The molecule has 6 nitrogen and oxygen atoms in total. The van der Waals surface area contributed by atoms with Crippen molar-refractivity contribution in [2.24, 2.45) is 0 Å². The molecule has 3 aromatic carbocycles. The number of aliphatic hydroxyl groups is 1. The third kappa shape index (κ3) is 4.58. The Bertz CT molecular complexity index is 1390. The van der Waals surface area contributed by atoms with Crippen LogP contribution in [0.15, 0.2) is 77.7 Å². The molecule has 1 aliphatic heterocycles. The van der Waals surface area contributed by atoms with Crippen LogP contribution in [0.2, 0.25) is 5.02 Å². The molecule has 170 valence electrons. The zero-order valence-electron chi connectivity index (χ0n) is 17.3. The molecule has 1 aliphatic rings. The van der Waals surface area contributed by atoms with E-state index in [0.717, 1.165) is 15.0 Å². The number of hydrogen-bond donors (Lipinski definition) is 2. The normalized spacial score (nSPS) is 17.0. The van der Waals surface area contributed by atoms with Gasteiger partial charge in [0.25, 0.3) is 0 Å². The van der Waals surface area contributed by atoms with Gasteiger partial charge >= 0.3 is 0 Å². The minimum absolute atomic E-state index is 0.0218. The van der Waals surface area contributed by atoms with E-state index in [1.54, 1.807) is 12.1 Å². The minimum atomic E-state index is -3.97. The second-order valence-electron chi connectivity index (χ2n) is 7.65. The lowest BCUT2D eigenvalue weighted by atomic mass is 10.1. The van der Waals surface area contributed by atoms with Crippen molar-refractivity contribution in [3.8, 4) is 11.5 Å². The molecule has 2 N–H and O–H groups in total. The lowest BCUT2D eigenvalue weighted by Crippen LogP contribution is -2.29. The Morgan fingerprint density at radius 3 is 2.48 bits per heavy atom. The Balaban J connectivity index is 1.55. The average molecular weight is 502 g/mol. The summed E-state index contributed by atoms with van der Waals surface area (Å²) < 4.78 is 41.8. The summed E-state index contributed by atoms with van der Waals surface area (Å²) in [6.45, 7) is 0.103. The lowest BCUT2D eigenvalue weighted by Gasteiger charge is -2.20. The minimum Gasteiger partial charge on any atom is -0.487 e. The van der Waals surface area contributed by atoms with Crippen LogP contribution in [0.3, 0.4) is 0 Å². The highest BCUT2D eigenvalue weighted by molar-refractivity contribution is 7.89. The van der Waals surface area contributed by atoms with Crippen molar-refractivity contribution in [1.29, 1.82) is 0 Å². The van der Waals surface area contributed by atoms with Gasteiger partial charge in [-0.15, -0.1) is 11.3 Å². The van der Waals surface area contributed by atoms with E-state index >= 15 is 0 Å². The van der Waals surface area contributed by atoms with Crippen LogP contribution in [-0.4, -0.2) is 32.8 Å². The monoisotopic (exact) mass is 501 g/mol. The molecule has 0 saturated heterocycles. The standard InChI is InChI=1S/C24H20ClNO5S2/c25-19-7-3-2-6-18(19)24(23-11-15-5-1-4-8-22(15)32-23)26-33(28,29)17-9-10-20-21(12-17)31-14-16(27)13-30-20/h1-12,16,24,26-27H,13-14H2. The van der Waals surface area contributed by atoms with Gasteiger partial charge in [-0.3, -0.25) is 0 Å². The molecule has 0 radical (unpaired) electrons. The second kappa shape index (κ2) is 8.96. The fourth-order valence-electron chi connectivity index (χ4n) is 3.66. The molecule has 4 aromatic rings. The van der Waals surface area contributed by atoms with Gasteiger partial charge in [-0.1, -0.05) is 48.0 Å². The zero-order chi connectivity index (χ0) is 23.0. The molecule has 0 spiro atoms. The SMILES string of the molecule is O=S(=O)(NC(c1cc2ccccc2s1)c1ccccc1Cl)c1ccc2c(c1)OCC(O)CO2. The van der Waals surface area contributed by atoms with Gasteiger partial charge in [0, 0.05) is 20.7 Å². The maximum absolute atomic E-state index is 13.5. The molecule has 0 fully saturated rings. The molecule has 0 aliphatic carbocycles. The van der Waals surface area contributed by atoms with Gasteiger partial charge in [-0.05, 0) is 41.3 Å². The summed E-state index contributed by atoms with van der Waals surface area (Å²) >= 11 is 7.99. The van der Waals surface area contributed by atoms with Gasteiger partial charge in [0.1, 0.15) is 19.3 Å². The predicted molar refractivity (Wildman–Crippen MR) is 129 cm³/mol. The first-order chi connectivity index (χ1) is 15.9. The Morgan fingerprint density at radius 1 is 0.970 bits per heavy atom. The fourth-order valence-corrected chi connectivity index (χ4v) is 6.32. The average Bonchev–Trinajstić information content (AvgIpc) is 3.15. The van der Waals surface area contributed by atoms with Crippen molar-refractivity contribution >= 4 is 43.0 Å². The summed E-state index contributed by atoms with van der Waals surface area (Å²) in [5, 5.41) is 11.3. The van der Waals surface area contributed by atoms with E-state index in [9.17, 15) is 13.5 Å². The Morgan fingerprint density at radius 2 is 1.70 bits per heavy atom. The van der Waals surface area contributed by atoms with Crippen LogP contribution in [-0.2, 0) is 10.0 Å². The van der Waals surface area contributed by atoms with Gasteiger partial charge in [0.2, 0.25) is 10.0 Å². The summed E-state index contributed by atoms with van der Waals surface area (Å²) in [6, 6.07) is 20.8. The van der Waals surface area contributed by atoms with E-state index < -0.39 is 22.2 Å². The third-order valence-corrected chi connectivity index (χ3v) is 8.25. The first-order valence-corrected chi connectivity index (χ1v) is 12.9. The number of fused-ring (bicyclic) bond motifs is 2. The van der Waals surface area contributed by atoms with Crippen LogP contribution < -0.4 is 14.2 Å². The topological polar surface area (TPSA) is 84.9 Å². The number of halogens is 1. The van der Waals surface area contributed by atoms with E-state index in [1.807, 2.05) is 42.5 Å². The van der Waals surface area contributed by atoms with Gasteiger partial charge in [0.05, 0.1) is 10.9 Å². The van der Waals surface area contributed by atoms with Crippen molar-refractivity contribution in [2.45, 2.75) is 17.0 Å². The highest BCUT2D eigenvalue weighted by Gasteiger charge is 2.27. The molecule has 1 aromatic heterocycles. The zero-order valence-corrected chi connectivity index (χ0v) is 19.7. The van der Waals surface area contributed by atoms with Crippen molar-refractivity contribution in [3.05, 3.63) is 88.3 Å². The molecule has 0 amide bonds. The molecule has 2 atom stereocenters. The smallest absolute Gasteiger partial charge is 0.241 e. The van der Waals surface area contributed by atoms with Gasteiger partial charge in [0.15, 0.2) is 11.5 Å². The first-order valence-electron chi connectivity index (χ1n) is 10.2. The predicted octanol–water partition coefficient (Wildman–Crippen LogP) is 4.75. The number of benzene rings is 3. The summed E-state index contributed by atoms with van der Waals surface area (Å²) in [5.41, 5.74) is 0.659. The van der Waals surface area contributed by atoms with Gasteiger partial charge in [-0.25, -0.2) is 8.42 Å². The Labute approximate surface area is 200 Å². The molecule has 5 rings (SSSR count). The van der Waals surface area contributed by atoms with E-state index in [4.69, 9.17) is 21.1 Å². The molecule has 0 saturated carbocycles. The number of aliphatic hydroxyl groups excluding tert-OH is 1. The molecule has 33 heavy (non-hydrogen) atoms. The fraction of sp³-hybridized carbons (Fsp3) is 0.167. The molecule has 9 heteroatoms. The molecular weight excluding hydrogens is 482 g/mol.